The number of nitrogens with zero attached hydrogens (tertiary/aromatic N) is 3. The maximum atomic E-state index is 12.7. The highest BCUT2D eigenvalue weighted by Gasteiger charge is 2.31. The van der Waals surface area contributed by atoms with Crippen LogP contribution in [0.1, 0.15) is 30.8 Å². The zero-order valence-electron chi connectivity index (χ0n) is 10.7. The van der Waals surface area contributed by atoms with Gasteiger partial charge in [0, 0.05) is 11.9 Å². The Kier molecular flexibility index (Phi) is 3.59. The molecular weight excluding hydrogens is 255 g/mol. The summed E-state index contributed by atoms with van der Waals surface area (Å²) in [6, 6.07) is 3.87. The molecule has 2 aromatic rings. The van der Waals surface area contributed by atoms with E-state index in [-0.39, 0.29) is 5.82 Å². The second-order valence-electron chi connectivity index (χ2n) is 4.15. The summed E-state index contributed by atoms with van der Waals surface area (Å²) in [5.74, 6) is 0.200. The predicted molar refractivity (Wildman–Crippen MR) is 65.1 cm³/mol. The van der Waals surface area contributed by atoms with Gasteiger partial charge in [0.05, 0.1) is 11.3 Å². The number of aryl methyl sites for hydroxylation is 2. The molecule has 0 fully saturated rings. The highest BCUT2D eigenvalue weighted by Crippen LogP contribution is 2.29. The molecule has 0 aliphatic carbocycles. The Balaban J connectivity index is 2.50. The average molecular weight is 269 g/mol. The largest absolute Gasteiger partial charge is 0.416 e. The monoisotopic (exact) mass is 269 g/mol. The van der Waals surface area contributed by atoms with E-state index in [1.165, 1.54) is 4.68 Å². The van der Waals surface area contributed by atoms with E-state index in [1.807, 2.05) is 19.9 Å². The molecule has 6 heteroatoms. The third-order valence-corrected chi connectivity index (χ3v) is 2.85. The fourth-order valence-corrected chi connectivity index (χ4v) is 1.81. The third kappa shape index (κ3) is 2.77. The SMILES string of the molecule is CCc1cc(CC)n(-c2cc(C(F)(F)F)ccn2)n1. The van der Waals surface area contributed by atoms with Gasteiger partial charge in [0.15, 0.2) is 5.82 Å². The van der Waals surface area contributed by atoms with Crippen molar-refractivity contribution in [2.75, 3.05) is 0 Å². The van der Waals surface area contributed by atoms with E-state index in [9.17, 15) is 13.2 Å². The van der Waals surface area contributed by atoms with Gasteiger partial charge in [0.25, 0.3) is 0 Å². The van der Waals surface area contributed by atoms with Gasteiger partial charge in [-0.15, -0.1) is 0 Å². The molecule has 19 heavy (non-hydrogen) atoms. The van der Waals surface area contributed by atoms with Gasteiger partial charge < -0.3 is 0 Å². The Morgan fingerprint density at radius 3 is 2.47 bits per heavy atom. The molecule has 0 atom stereocenters. The number of pyridine rings is 1. The molecular formula is C13H14F3N3. The molecule has 0 amide bonds. The van der Waals surface area contributed by atoms with Crippen LogP contribution in [0.5, 0.6) is 0 Å². The van der Waals surface area contributed by atoms with E-state index in [4.69, 9.17) is 0 Å². The summed E-state index contributed by atoms with van der Waals surface area (Å²) in [7, 11) is 0. The molecule has 2 heterocycles. The lowest BCUT2D eigenvalue weighted by molar-refractivity contribution is -0.137. The zero-order chi connectivity index (χ0) is 14.0. The lowest BCUT2D eigenvalue weighted by Crippen LogP contribution is -2.09. The van der Waals surface area contributed by atoms with Crippen molar-refractivity contribution in [3.05, 3.63) is 41.3 Å². The van der Waals surface area contributed by atoms with E-state index >= 15 is 0 Å². The van der Waals surface area contributed by atoms with E-state index < -0.39 is 11.7 Å². The van der Waals surface area contributed by atoms with E-state index in [1.54, 1.807) is 0 Å². The molecule has 0 aromatic carbocycles. The summed E-state index contributed by atoms with van der Waals surface area (Å²) in [6.45, 7) is 3.88. The molecule has 0 unspecified atom stereocenters. The lowest BCUT2D eigenvalue weighted by atomic mass is 10.2. The summed E-state index contributed by atoms with van der Waals surface area (Å²) < 4.78 is 39.5. The minimum absolute atomic E-state index is 0.200. The first-order valence-electron chi connectivity index (χ1n) is 6.07. The molecule has 0 saturated heterocycles. The van der Waals surface area contributed by atoms with Crippen molar-refractivity contribution in [1.82, 2.24) is 14.8 Å². The van der Waals surface area contributed by atoms with Crippen molar-refractivity contribution in [2.24, 2.45) is 0 Å². The van der Waals surface area contributed by atoms with Crippen molar-refractivity contribution in [2.45, 2.75) is 32.9 Å². The standard InChI is InChI=1S/C13H14F3N3/c1-3-10-8-11(4-2)19(18-10)12-7-9(5-6-17-12)13(14,15)16/h5-8H,3-4H2,1-2H3. The van der Waals surface area contributed by atoms with Gasteiger partial charge in [-0.2, -0.15) is 18.3 Å². The summed E-state index contributed by atoms with van der Waals surface area (Å²) in [5.41, 5.74) is 0.979. The Morgan fingerprint density at radius 2 is 1.89 bits per heavy atom. The fraction of sp³-hybridized carbons (Fsp3) is 0.385. The van der Waals surface area contributed by atoms with Crippen LogP contribution >= 0.6 is 0 Å². The second kappa shape index (κ2) is 5.03. The summed E-state index contributed by atoms with van der Waals surface area (Å²) in [5, 5.41) is 4.28. The molecule has 0 bridgehead atoms. The molecule has 0 spiro atoms. The van der Waals surface area contributed by atoms with Crippen LogP contribution in [0.25, 0.3) is 5.82 Å². The van der Waals surface area contributed by atoms with E-state index in [0.29, 0.717) is 6.42 Å². The number of rotatable bonds is 3. The predicted octanol–water partition coefficient (Wildman–Crippen LogP) is 3.41. The molecule has 0 radical (unpaired) electrons. The van der Waals surface area contributed by atoms with Crippen LogP contribution in [0.2, 0.25) is 0 Å². The van der Waals surface area contributed by atoms with Gasteiger partial charge in [-0.25, -0.2) is 9.67 Å². The quantitative estimate of drug-likeness (QED) is 0.854. The van der Waals surface area contributed by atoms with Crippen LogP contribution in [0.15, 0.2) is 24.4 Å². The zero-order valence-corrected chi connectivity index (χ0v) is 10.7. The Labute approximate surface area is 109 Å². The topological polar surface area (TPSA) is 30.7 Å². The van der Waals surface area contributed by atoms with Crippen LogP contribution in [0.3, 0.4) is 0 Å². The average Bonchev–Trinajstić information content (AvgIpc) is 2.81. The lowest BCUT2D eigenvalue weighted by Gasteiger charge is -2.09. The van der Waals surface area contributed by atoms with Crippen molar-refractivity contribution in [3.8, 4) is 5.82 Å². The molecule has 102 valence electrons. The van der Waals surface area contributed by atoms with Gasteiger partial charge >= 0.3 is 6.18 Å². The second-order valence-corrected chi connectivity index (χ2v) is 4.15. The molecule has 0 saturated carbocycles. The number of hydrogen-bond acceptors (Lipinski definition) is 2. The number of hydrogen-bond donors (Lipinski definition) is 0. The van der Waals surface area contributed by atoms with Gasteiger partial charge in [-0.3, -0.25) is 0 Å². The van der Waals surface area contributed by atoms with Crippen LogP contribution in [-0.2, 0) is 19.0 Å². The van der Waals surface area contributed by atoms with Crippen LogP contribution in [-0.4, -0.2) is 14.8 Å². The molecule has 0 aliphatic heterocycles. The highest BCUT2D eigenvalue weighted by molar-refractivity contribution is 5.31. The highest BCUT2D eigenvalue weighted by atomic mass is 19.4. The van der Waals surface area contributed by atoms with Gasteiger partial charge in [0.1, 0.15) is 0 Å². The molecule has 0 aliphatic rings. The van der Waals surface area contributed by atoms with E-state index in [0.717, 1.165) is 36.1 Å². The summed E-state index contributed by atoms with van der Waals surface area (Å²) in [6.07, 6.45) is -1.79. The summed E-state index contributed by atoms with van der Waals surface area (Å²) in [4.78, 5) is 3.98. The Hall–Kier alpha value is -1.85. The van der Waals surface area contributed by atoms with Crippen molar-refractivity contribution in [3.63, 3.8) is 0 Å². The smallest absolute Gasteiger partial charge is 0.237 e. The fourth-order valence-electron chi connectivity index (χ4n) is 1.81. The molecule has 2 aromatic heterocycles. The normalized spacial score (nSPS) is 11.8. The van der Waals surface area contributed by atoms with Crippen LogP contribution in [0, 0.1) is 0 Å². The van der Waals surface area contributed by atoms with E-state index in [2.05, 4.69) is 10.1 Å². The van der Waals surface area contributed by atoms with Crippen molar-refractivity contribution >= 4 is 0 Å². The van der Waals surface area contributed by atoms with Crippen LogP contribution in [0.4, 0.5) is 13.2 Å². The van der Waals surface area contributed by atoms with Gasteiger partial charge in [-0.1, -0.05) is 13.8 Å². The molecule has 3 nitrogen and oxygen atoms in total. The van der Waals surface area contributed by atoms with Crippen molar-refractivity contribution < 1.29 is 13.2 Å². The third-order valence-electron chi connectivity index (χ3n) is 2.85. The maximum absolute atomic E-state index is 12.7. The number of halogens is 3. The minimum atomic E-state index is -4.37. The number of aromatic nitrogens is 3. The minimum Gasteiger partial charge on any atom is -0.237 e. The maximum Gasteiger partial charge on any atom is 0.416 e. The first kappa shape index (κ1) is 13.6. The molecule has 2 rings (SSSR count). The van der Waals surface area contributed by atoms with Crippen molar-refractivity contribution in [1.29, 1.82) is 0 Å². The number of alkyl halides is 3. The molecule has 0 N–H and O–H groups in total. The summed E-state index contributed by atoms with van der Waals surface area (Å²) >= 11 is 0. The van der Waals surface area contributed by atoms with Crippen LogP contribution < -0.4 is 0 Å². The van der Waals surface area contributed by atoms with Gasteiger partial charge in [0.2, 0.25) is 0 Å². The Bertz CT molecular complexity index is 573. The first-order chi connectivity index (χ1) is 8.95. The Morgan fingerprint density at radius 1 is 1.16 bits per heavy atom. The first-order valence-corrected chi connectivity index (χ1v) is 6.07. The van der Waals surface area contributed by atoms with Gasteiger partial charge in [-0.05, 0) is 31.0 Å².